The maximum Gasteiger partial charge on any atom is 0.240 e. The average molecular weight is 338 g/mol. The molecule has 2 fully saturated rings. The van der Waals surface area contributed by atoms with Crippen LogP contribution in [-0.2, 0) is 4.79 Å². The third-order valence-electron chi connectivity index (χ3n) is 5.51. The summed E-state index contributed by atoms with van der Waals surface area (Å²) in [5.74, 6) is 2.23. The van der Waals surface area contributed by atoms with E-state index in [0.29, 0.717) is 11.8 Å². The second-order valence-corrected chi connectivity index (χ2v) is 6.84. The van der Waals surface area contributed by atoms with Gasteiger partial charge in [-0.25, -0.2) is 9.97 Å². The van der Waals surface area contributed by atoms with Crippen LogP contribution in [0.25, 0.3) is 11.3 Å². The van der Waals surface area contributed by atoms with Gasteiger partial charge in [-0.1, -0.05) is 6.42 Å². The van der Waals surface area contributed by atoms with Gasteiger partial charge in [0.15, 0.2) is 0 Å². The number of methoxy groups -OCH3 is 1. The molecular weight excluding hydrogens is 316 g/mol. The van der Waals surface area contributed by atoms with E-state index in [9.17, 15) is 4.79 Å². The molecule has 2 aromatic rings. The molecule has 0 radical (unpaired) electrons. The number of fused-ring (bicyclic) bond motifs is 1. The molecule has 1 aliphatic heterocycles. The molecule has 0 spiro atoms. The van der Waals surface area contributed by atoms with Gasteiger partial charge in [0.05, 0.1) is 12.8 Å². The molecule has 6 nitrogen and oxygen atoms in total. The first-order chi connectivity index (χ1) is 12.2. The molecule has 130 valence electrons. The summed E-state index contributed by atoms with van der Waals surface area (Å²) < 4.78 is 5.20. The maximum atomic E-state index is 12.1. The summed E-state index contributed by atoms with van der Waals surface area (Å²) in [6.45, 7) is 0.845. The van der Waals surface area contributed by atoms with Crippen molar-refractivity contribution in [2.75, 3.05) is 18.6 Å². The molecule has 0 bridgehead atoms. The minimum absolute atomic E-state index is 0.251. The van der Waals surface area contributed by atoms with E-state index in [2.05, 4.69) is 14.9 Å². The van der Waals surface area contributed by atoms with Gasteiger partial charge in [0.1, 0.15) is 23.9 Å². The summed E-state index contributed by atoms with van der Waals surface area (Å²) in [5.41, 5.74) is 7.54. The first-order valence-corrected chi connectivity index (χ1v) is 8.70. The monoisotopic (exact) mass is 338 g/mol. The van der Waals surface area contributed by atoms with Crippen LogP contribution < -0.4 is 15.4 Å². The van der Waals surface area contributed by atoms with E-state index in [4.69, 9.17) is 10.5 Å². The maximum absolute atomic E-state index is 12.1. The average Bonchev–Trinajstić information content (AvgIpc) is 3.22. The van der Waals surface area contributed by atoms with E-state index in [1.807, 2.05) is 30.3 Å². The second-order valence-electron chi connectivity index (χ2n) is 6.84. The highest BCUT2D eigenvalue weighted by Gasteiger charge is 2.47. The van der Waals surface area contributed by atoms with Crippen LogP contribution in [0.2, 0.25) is 0 Å². The number of hydrogen-bond donors (Lipinski definition) is 1. The van der Waals surface area contributed by atoms with Crippen LogP contribution in [-0.4, -0.2) is 35.6 Å². The van der Waals surface area contributed by atoms with Crippen LogP contribution in [0.15, 0.2) is 36.7 Å². The molecule has 2 aliphatic rings. The Morgan fingerprint density at radius 1 is 1.24 bits per heavy atom. The molecule has 3 atom stereocenters. The van der Waals surface area contributed by atoms with Gasteiger partial charge in [0, 0.05) is 18.2 Å². The van der Waals surface area contributed by atoms with Gasteiger partial charge in [-0.2, -0.15) is 0 Å². The van der Waals surface area contributed by atoms with E-state index >= 15 is 0 Å². The zero-order valence-electron chi connectivity index (χ0n) is 14.3. The first kappa shape index (κ1) is 15.9. The van der Waals surface area contributed by atoms with Crippen LogP contribution in [0.5, 0.6) is 5.75 Å². The number of carbonyl (C=O) groups excluding carboxylic acids is 1. The Hall–Kier alpha value is -2.63. The number of hydrogen-bond acceptors (Lipinski definition) is 5. The molecule has 1 saturated carbocycles. The van der Waals surface area contributed by atoms with Gasteiger partial charge < -0.3 is 15.4 Å². The van der Waals surface area contributed by atoms with Crippen LogP contribution in [0.3, 0.4) is 0 Å². The van der Waals surface area contributed by atoms with E-state index in [1.165, 1.54) is 12.8 Å². The van der Waals surface area contributed by atoms with Crippen molar-refractivity contribution in [3.05, 3.63) is 36.7 Å². The first-order valence-electron chi connectivity index (χ1n) is 8.70. The molecule has 4 rings (SSSR count). The Bertz CT molecular complexity index is 777. The standard InChI is InChI=1S/C19H22N4O2/c1-25-14-7-5-12(6-8-14)16-9-17(22-11-21-16)23-10-13-3-2-4-15(13)18(23)19(20)24/h5-9,11,13,15,18H,2-4,10H2,1H3,(H2,20,24)/t13-,15-,18-/m0/s1. The fourth-order valence-electron chi connectivity index (χ4n) is 4.33. The lowest BCUT2D eigenvalue weighted by atomic mass is 9.94. The molecular formula is C19H22N4O2. The van der Waals surface area contributed by atoms with Crippen molar-refractivity contribution < 1.29 is 9.53 Å². The van der Waals surface area contributed by atoms with Crippen molar-refractivity contribution in [3.8, 4) is 17.0 Å². The van der Waals surface area contributed by atoms with E-state index in [1.54, 1.807) is 13.4 Å². The Morgan fingerprint density at radius 2 is 2.04 bits per heavy atom. The predicted octanol–water partition coefficient (Wildman–Crippen LogP) is 2.24. The van der Waals surface area contributed by atoms with Crippen LogP contribution in [0, 0.1) is 11.8 Å². The number of anilines is 1. The quantitative estimate of drug-likeness (QED) is 0.924. The highest BCUT2D eigenvalue weighted by Crippen LogP contribution is 2.43. The summed E-state index contributed by atoms with van der Waals surface area (Å²) in [6, 6.07) is 9.43. The number of benzene rings is 1. The lowest BCUT2D eigenvalue weighted by Gasteiger charge is -2.26. The lowest BCUT2D eigenvalue weighted by Crippen LogP contribution is -2.44. The highest BCUT2D eigenvalue weighted by atomic mass is 16.5. The van der Waals surface area contributed by atoms with E-state index < -0.39 is 0 Å². The Labute approximate surface area is 147 Å². The van der Waals surface area contributed by atoms with Gasteiger partial charge in [-0.15, -0.1) is 0 Å². The Morgan fingerprint density at radius 3 is 2.76 bits per heavy atom. The molecule has 1 saturated heterocycles. The molecule has 2 N–H and O–H groups in total. The fourth-order valence-corrected chi connectivity index (χ4v) is 4.33. The number of ether oxygens (including phenoxy) is 1. The second kappa shape index (κ2) is 6.35. The van der Waals surface area contributed by atoms with Gasteiger partial charge in [0.2, 0.25) is 5.91 Å². The number of primary amides is 1. The summed E-state index contributed by atoms with van der Waals surface area (Å²) in [7, 11) is 1.64. The number of aromatic nitrogens is 2. The fraction of sp³-hybridized carbons (Fsp3) is 0.421. The van der Waals surface area contributed by atoms with Crippen molar-refractivity contribution in [2.45, 2.75) is 25.3 Å². The summed E-state index contributed by atoms with van der Waals surface area (Å²) in [6.07, 6.45) is 4.99. The summed E-state index contributed by atoms with van der Waals surface area (Å²) in [5, 5.41) is 0. The molecule has 1 aliphatic carbocycles. The molecule has 1 aromatic heterocycles. The van der Waals surface area contributed by atoms with Crippen molar-refractivity contribution in [3.63, 3.8) is 0 Å². The molecule has 1 amide bonds. The van der Waals surface area contributed by atoms with Crippen molar-refractivity contribution in [2.24, 2.45) is 17.6 Å². The van der Waals surface area contributed by atoms with Crippen molar-refractivity contribution in [1.29, 1.82) is 0 Å². The highest BCUT2D eigenvalue weighted by molar-refractivity contribution is 5.85. The SMILES string of the molecule is COc1ccc(-c2cc(N3C[C@@H]4CCC[C@@H]4[C@H]3C(N)=O)ncn2)cc1. The number of nitrogens with two attached hydrogens (primary N) is 1. The number of nitrogens with zero attached hydrogens (tertiary/aromatic N) is 3. The van der Waals surface area contributed by atoms with Gasteiger partial charge in [-0.05, 0) is 48.9 Å². The van der Waals surface area contributed by atoms with Crippen LogP contribution in [0.1, 0.15) is 19.3 Å². The predicted molar refractivity (Wildman–Crippen MR) is 95.2 cm³/mol. The molecule has 1 aromatic carbocycles. The van der Waals surface area contributed by atoms with E-state index in [-0.39, 0.29) is 11.9 Å². The number of rotatable bonds is 4. The van der Waals surface area contributed by atoms with Crippen LogP contribution in [0.4, 0.5) is 5.82 Å². The molecule has 25 heavy (non-hydrogen) atoms. The third-order valence-corrected chi connectivity index (χ3v) is 5.51. The summed E-state index contributed by atoms with van der Waals surface area (Å²) >= 11 is 0. The van der Waals surface area contributed by atoms with Crippen LogP contribution >= 0.6 is 0 Å². The van der Waals surface area contributed by atoms with Gasteiger partial charge >= 0.3 is 0 Å². The molecule has 6 heteroatoms. The molecule has 0 unspecified atom stereocenters. The number of amides is 1. The minimum atomic E-state index is -0.258. The van der Waals surface area contributed by atoms with Crippen molar-refractivity contribution >= 4 is 11.7 Å². The summed E-state index contributed by atoms with van der Waals surface area (Å²) in [4.78, 5) is 23.0. The largest absolute Gasteiger partial charge is 0.497 e. The van der Waals surface area contributed by atoms with Gasteiger partial charge in [0.25, 0.3) is 0 Å². The zero-order valence-corrected chi connectivity index (χ0v) is 14.3. The van der Waals surface area contributed by atoms with Crippen molar-refractivity contribution in [1.82, 2.24) is 9.97 Å². The third kappa shape index (κ3) is 2.81. The minimum Gasteiger partial charge on any atom is -0.497 e. The number of carbonyl (C=O) groups is 1. The smallest absolute Gasteiger partial charge is 0.240 e. The molecule has 2 heterocycles. The Balaban J connectivity index is 1.65. The topological polar surface area (TPSA) is 81.3 Å². The normalized spacial score (nSPS) is 25.0. The lowest BCUT2D eigenvalue weighted by molar-refractivity contribution is -0.120. The Kier molecular flexibility index (Phi) is 4.03. The van der Waals surface area contributed by atoms with Gasteiger partial charge in [-0.3, -0.25) is 4.79 Å². The van der Waals surface area contributed by atoms with E-state index in [0.717, 1.165) is 35.8 Å². The zero-order chi connectivity index (χ0) is 17.4.